The normalized spacial score (nSPS) is 11.0. The summed E-state index contributed by atoms with van der Waals surface area (Å²) in [6, 6.07) is 6.94. The number of ether oxygens (including phenoxy) is 1. The van der Waals surface area contributed by atoms with Crippen LogP contribution in [0.5, 0.6) is 5.75 Å². The van der Waals surface area contributed by atoms with Crippen LogP contribution in [0, 0.1) is 17.5 Å². The first-order valence-electron chi connectivity index (χ1n) is 10.9. The minimum Gasteiger partial charge on any atom is -0.420 e. The highest BCUT2D eigenvalue weighted by Gasteiger charge is 2.20. The van der Waals surface area contributed by atoms with Crippen molar-refractivity contribution in [1.82, 2.24) is 0 Å². The second kappa shape index (κ2) is 12.4. The van der Waals surface area contributed by atoms with E-state index in [1.54, 1.807) is 6.07 Å². The summed E-state index contributed by atoms with van der Waals surface area (Å²) in [6.45, 7) is 4.20. The molecule has 0 aromatic heterocycles. The molecular weight excluding hydrogens is 389 g/mol. The Morgan fingerprint density at radius 1 is 0.800 bits per heavy atom. The van der Waals surface area contributed by atoms with Gasteiger partial charge in [0.25, 0.3) is 0 Å². The summed E-state index contributed by atoms with van der Waals surface area (Å²) in [5.41, 5.74) is 0.749. The minimum atomic E-state index is -1.22. The van der Waals surface area contributed by atoms with Crippen LogP contribution in [0.3, 0.4) is 0 Å². The van der Waals surface area contributed by atoms with Crippen LogP contribution in [0.2, 0.25) is 0 Å². The van der Waals surface area contributed by atoms with Crippen molar-refractivity contribution in [3.05, 3.63) is 64.5 Å². The van der Waals surface area contributed by atoms with Gasteiger partial charge >= 0.3 is 5.97 Å². The molecule has 2 rings (SSSR count). The third-order valence-electron chi connectivity index (χ3n) is 5.20. The number of unbranched alkanes of at least 4 members (excludes halogenated alkanes) is 6. The maximum atomic E-state index is 14.4. The van der Waals surface area contributed by atoms with Crippen LogP contribution in [-0.2, 0) is 12.8 Å². The van der Waals surface area contributed by atoms with Crippen LogP contribution in [0.25, 0.3) is 0 Å². The third-order valence-corrected chi connectivity index (χ3v) is 5.20. The SMILES string of the molecule is CCCCCCCc1ccc(OC(=O)c2ccc(CCCCC)cc2F)c(F)c1F. The molecule has 0 aliphatic carbocycles. The molecule has 0 spiro atoms. The molecular formula is C25H31F3O2. The van der Waals surface area contributed by atoms with Crippen molar-refractivity contribution < 1.29 is 22.7 Å². The van der Waals surface area contributed by atoms with E-state index < -0.39 is 29.2 Å². The van der Waals surface area contributed by atoms with Crippen LogP contribution in [0.1, 0.15) is 86.7 Å². The molecule has 0 aliphatic rings. The molecule has 0 saturated carbocycles. The summed E-state index contributed by atoms with van der Waals surface area (Å²) in [6.07, 6.45) is 9.23. The standard InChI is InChI=1S/C25H31F3O2/c1-3-5-7-8-10-12-19-14-16-22(24(28)23(19)27)30-25(29)20-15-13-18(17-21(20)26)11-9-6-4-2/h13-17H,3-12H2,1-2H3. The van der Waals surface area contributed by atoms with Crippen molar-refractivity contribution in [2.45, 2.75) is 78.1 Å². The van der Waals surface area contributed by atoms with Crippen LogP contribution < -0.4 is 4.74 Å². The first-order valence-corrected chi connectivity index (χ1v) is 10.9. The topological polar surface area (TPSA) is 26.3 Å². The summed E-state index contributed by atoms with van der Waals surface area (Å²) >= 11 is 0. The van der Waals surface area contributed by atoms with E-state index in [-0.39, 0.29) is 11.1 Å². The molecule has 2 aromatic rings. The smallest absolute Gasteiger partial charge is 0.346 e. The molecule has 0 radical (unpaired) electrons. The predicted octanol–water partition coefficient (Wildman–Crippen LogP) is 7.57. The fourth-order valence-electron chi connectivity index (χ4n) is 3.38. The predicted molar refractivity (Wildman–Crippen MR) is 113 cm³/mol. The Balaban J connectivity index is 2.01. The molecule has 5 heteroatoms. The molecule has 0 fully saturated rings. The van der Waals surface area contributed by atoms with Crippen LogP contribution in [-0.4, -0.2) is 5.97 Å². The lowest BCUT2D eigenvalue weighted by atomic mass is 10.0. The first kappa shape index (κ1) is 24.0. The van der Waals surface area contributed by atoms with Crippen LogP contribution in [0.15, 0.2) is 30.3 Å². The van der Waals surface area contributed by atoms with Gasteiger partial charge in [0.2, 0.25) is 5.82 Å². The zero-order chi connectivity index (χ0) is 21.9. The lowest BCUT2D eigenvalue weighted by molar-refractivity contribution is 0.0721. The van der Waals surface area contributed by atoms with E-state index in [4.69, 9.17) is 4.74 Å². The van der Waals surface area contributed by atoms with Crippen LogP contribution in [0.4, 0.5) is 13.2 Å². The van der Waals surface area contributed by atoms with Gasteiger partial charge in [-0.15, -0.1) is 0 Å². The fraction of sp³-hybridized carbons (Fsp3) is 0.480. The molecule has 0 atom stereocenters. The van der Waals surface area contributed by atoms with Gasteiger partial charge in [-0.2, -0.15) is 4.39 Å². The van der Waals surface area contributed by atoms with Gasteiger partial charge < -0.3 is 4.74 Å². The number of hydrogen-bond donors (Lipinski definition) is 0. The van der Waals surface area contributed by atoms with Gasteiger partial charge in [-0.3, -0.25) is 0 Å². The number of halogens is 3. The average molecular weight is 421 g/mol. The second-order valence-electron chi connectivity index (χ2n) is 7.68. The van der Waals surface area contributed by atoms with Gasteiger partial charge in [0.1, 0.15) is 5.82 Å². The molecule has 0 aliphatic heterocycles. The van der Waals surface area contributed by atoms with Crippen LogP contribution >= 0.6 is 0 Å². The number of carbonyl (C=O) groups is 1. The van der Waals surface area contributed by atoms with Gasteiger partial charge in [-0.1, -0.05) is 64.5 Å². The average Bonchev–Trinajstić information content (AvgIpc) is 2.73. The molecule has 0 heterocycles. The van der Waals surface area contributed by atoms with Gasteiger partial charge in [0, 0.05) is 0 Å². The van der Waals surface area contributed by atoms with Crippen molar-refractivity contribution in [3.8, 4) is 5.75 Å². The summed E-state index contributed by atoms with van der Waals surface area (Å²) in [4.78, 5) is 12.3. The summed E-state index contributed by atoms with van der Waals surface area (Å²) in [5, 5.41) is 0. The third kappa shape index (κ3) is 6.89. The fourth-order valence-corrected chi connectivity index (χ4v) is 3.38. The van der Waals surface area contributed by atoms with E-state index in [0.717, 1.165) is 63.4 Å². The highest BCUT2D eigenvalue weighted by molar-refractivity contribution is 5.91. The highest BCUT2D eigenvalue weighted by Crippen LogP contribution is 2.25. The number of hydrogen-bond acceptors (Lipinski definition) is 2. The Morgan fingerprint density at radius 3 is 2.17 bits per heavy atom. The van der Waals surface area contributed by atoms with E-state index in [1.165, 1.54) is 24.3 Å². The van der Waals surface area contributed by atoms with Gasteiger partial charge in [-0.25, -0.2) is 13.6 Å². The minimum absolute atomic E-state index is 0.256. The van der Waals surface area contributed by atoms with Crippen molar-refractivity contribution >= 4 is 5.97 Å². The lowest BCUT2D eigenvalue weighted by Gasteiger charge is -2.10. The van der Waals surface area contributed by atoms with Gasteiger partial charge in [0.05, 0.1) is 5.56 Å². The highest BCUT2D eigenvalue weighted by atomic mass is 19.2. The Bertz CT molecular complexity index is 833. The van der Waals surface area contributed by atoms with Gasteiger partial charge in [0.15, 0.2) is 11.6 Å². The Labute approximate surface area is 177 Å². The summed E-state index contributed by atoms with van der Waals surface area (Å²) in [7, 11) is 0. The largest absolute Gasteiger partial charge is 0.420 e. The van der Waals surface area contributed by atoms with E-state index in [0.29, 0.717) is 6.42 Å². The molecule has 0 bridgehead atoms. The number of aryl methyl sites for hydroxylation is 2. The zero-order valence-corrected chi connectivity index (χ0v) is 17.9. The summed E-state index contributed by atoms with van der Waals surface area (Å²) in [5.74, 6) is -4.52. The lowest BCUT2D eigenvalue weighted by Crippen LogP contribution is -2.13. The first-order chi connectivity index (χ1) is 14.5. The van der Waals surface area contributed by atoms with Crippen molar-refractivity contribution in [2.75, 3.05) is 0 Å². The number of rotatable bonds is 12. The molecule has 2 aromatic carbocycles. The Kier molecular flexibility index (Phi) is 9.92. The van der Waals surface area contributed by atoms with Crippen molar-refractivity contribution in [2.24, 2.45) is 0 Å². The van der Waals surface area contributed by atoms with E-state index in [9.17, 15) is 18.0 Å². The molecule has 0 N–H and O–H groups in total. The Hall–Kier alpha value is -2.30. The number of esters is 1. The van der Waals surface area contributed by atoms with Crippen molar-refractivity contribution in [3.63, 3.8) is 0 Å². The van der Waals surface area contributed by atoms with E-state index >= 15 is 0 Å². The molecule has 2 nitrogen and oxygen atoms in total. The molecule has 0 amide bonds. The Morgan fingerprint density at radius 2 is 1.47 bits per heavy atom. The number of benzene rings is 2. The molecule has 0 unspecified atom stereocenters. The zero-order valence-electron chi connectivity index (χ0n) is 17.9. The maximum absolute atomic E-state index is 14.4. The molecule has 0 saturated heterocycles. The monoisotopic (exact) mass is 420 g/mol. The number of carbonyl (C=O) groups excluding carboxylic acids is 1. The van der Waals surface area contributed by atoms with Crippen molar-refractivity contribution in [1.29, 1.82) is 0 Å². The second-order valence-corrected chi connectivity index (χ2v) is 7.68. The maximum Gasteiger partial charge on any atom is 0.346 e. The van der Waals surface area contributed by atoms with E-state index in [2.05, 4.69) is 13.8 Å². The van der Waals surface area contributed by atoms with E-state index in [1.807, 2.05) is 0 Å². The molecule has 164 valence electrons. The van der Waals surface area contributed by atoms with Gasteiger partial charge in [-0.05, 0) is 55.0 Å². The molecule has 30 heavy (non-hydrogen) atoms. The quantitative estimate of drug-likeness (QED) is 0.201. The summed E-state index contributed by atoms with van der Waals surface area (Å²) < 4.78 is 48.0.